The Kier molecular flexibility index (Phi) is 3.84. The third-order valence-electron chi connectivity index (χ3n) is 3.06. The molecule has 112 valence electrons. The van der Waals surface area contributed by atoms with Crippen molar-refractivity contribution in [1.29, 1.82) is 0 Å². The number of methoxy groups -OCH3 is 1. The zero-order valence-corrected chi connectivity index (χ0v) is 11.7. The van der Waals surface area contributed by atoms with Gasteiger partial charge in [-0.1, -0.05) is 5.16 Å². The van der Waals surface area contributed by atoms with Crippen molar-refractivity contribution in [3.05, 3.63) is 48.3 Å². The molecule has 0 atom stereocenters. The smallest absolute Gasteiger partial charge is 0.337 e. The van der Waals surface area contributed by atoms with E-state index < -0.39 is 5.97 Å². The predicted molar refractivity (Wildman–Crippen MR) is 76.9 cm³/mol. The number of esters is 1. The highest BCUT2D eigenvalue weighted by Crippen LogP contribution is 2.30. The minimum atomic E-state index is -0.500. The van der Waals surface area contributed by atoms with Crippen molar-refractivity contribution >= 4 is 16.9 Å². The number of fused-ring (bicyclic) bond motifs is 1. The average Bonchev–Trinajstić information content (AvgIpc) is 2.91. The number of aromatic nitrogens is 1. The number of rotatable bonds is 4. The van der Waals surface area contributed by atoms with Crippen LogP contribution < -0.4 is 4.74 Å². The number of carbonyl (C=O) groups is 1. The Morgan fingerprint density at radius 1 is 1.23 bits per heavy atom. The molecule has 0 spiro atoms. The Morgan fingerprint density at radius 3 is 2.73 bits per heavy atom. The van der Waals surface area contributed by atoms with Gasteiger partial charge in [-0.25, -0.2) is 9.18 Å². The van der Waals surface area contributed by atoms with Crippen LogP contribution in [0.1, 0.15) is 0 Å². The van der Waals surface area contributed by atoms with Gasteiger partial charge in [0.1, 0.15) is 23.9 Å². The highest BCUT2D eigenvalue weighted by Gasteiger charge is 2.12. The summed E-state index contributed by atoms with van der Waals surface area (Å²) in [7, 11) is 1.41. The summed E-state index contributed by atoms with van der Waals surface area (Å²) < 4.78 is 28.0. The van der Waals surface area contributed by atoms with Crippen molar-refractivity contribution in [1.82, 2.24) is 5.16 Å². The molecule has 0 aliphatic carbocycles. The number of hydrogen-bond acceptors (Lipinski definition) is 5. The fourth-order valence-corrected chi connectivity index (χ4v) is 2.08. The monoisotopic (exact) mass is 301 g/mol. The molecule has 1 aromatic heterocycles. The maximum Gasteiger partial charge on any atom is 0.337 e. The molecule has 22 heavy (non-hydrogen) atoms. The summed E-state index contributed by atoms with van der Waals surface area (Å²) in [6.45, 7) is -0.130. The first-order valence-corrected chi connectivity index (χ1v) is 6.52. The second-order valence-corrected chi connectivity index (χ2v) is 4.60. The number of halogens is 1. The third kappa shape index (κ3) is 2.82. The molecule has 0 aliphatic heterocycles. The Morgan fingerprint density at radius 2 is 2.00 bits per heavy atom. The molecule has 0 radical (unpaired) electrons. The molecular weight excluding hydrogens is 289 g/mol. The van der Waals surface area contributed by atoms with E-state index in [4.69, 9.17) is 14.0 Å². The Bertz CT molecular complexity index is 811. The largest absolute Gasteiger partial charge is 0.425 e. The van der Waals surface area contributed by atoms with Gasteiger partial charge in [0, 0.05) is 24.1 Å². The van der Waals surface area contributed by atoms with Crippen LogP contribution in [-0.2, 0) is 9.53 Å². The lowest BCUT2D eigenvalue weighted by molar-refractivity contribution is -0.138. The van der Waals surface area contributed by atoms with Gasteiger partial charge in [0.15, 0.2) is 5.58 Å². The molecule has 0 unspecified atom stereocenters. The molecule has 0 amide bonds. The van der Waals surface area contributed by atoms with E-state index in [1.807, 2.05) is 0 Å². The lowest BCUT2D eigenvalue weighted by Gasteiger charge is -2.03. The maximum atomic E-state index is 13.0. The van der Waals surface area contributed by atoms with Crippen LogP contribution in [-0.4, -0.2) is 24.8 Å². The highest BCUT2D eigenvalue weighted by atomic mass is 19.1. The third-order valence-corrected chi connectivity index (χ3v) is 3.06. The molecule has 0 saturated carbocycles. The van der Waals surface area contributed by atoms with Crippen LogP contribution in [0.15, 0.2) is 47.0 Å². The summed E-state index contributed by atoms with van der Waals surface area (Å²) in [5, 5.41) is 4.74. The Balaban J connectivity index is 1.92. The lowest BCUT2D eigenvalue weighted by atomic mass is 10.1. The normalized spacial score (nSPS) is 10.8. The number of carbonyl (C=O) groups excluding carboxylic acids is 1. The zero-order chi connectivity index (χ0) is 15.5. The van der Waals surface area contributed by atoms with Crippen LogP contribution in [0.25, 0.3) is 22.2 Å². The molecule has 2 aromatic carbocycles. The molecular formula is C16H12FNO4. The van der Waals surface area contributed by atoms with Gasteiger partial charge >= 0.3 is 5.97 Å². The topological polar surface area (TPSA) is 61.6 Å². The first kappa shape index (κ1) is 14.2. The number of hydrogen-bond donors (Lipinski definition) is 0. The van der Waals surface area contributed by atoms with E-state index in [2.05, 4.69) is 5.16 Å². The quantitative estimate of drug-likeness (QED) is 0.547. The van der Waals surface area contributed by atoms with Gasteiger partial charge in [0.05, 0.1) is 0 Å². The highest BCUT2D eigenvalue weighted by molar-refractivity contribution is 5.92. The van der Waals surface area contributed by atoms with Crippen LogP contribution in [0.2, 0.25) is 0 Å². The molecule has 0 saturated heterocycles. The van der Waals surface area contributed by atoms with E-state index in [1.54, 1.807) is 30.3 Å². The van der Waals surface area contributed by atoms with Gasteiger partial charge in [0.25, 0.3) is 0 Å². The predicted octanol–water partition coefficient (Wildman–Crippen LogP) is 3.19. The summed E-state index contributed by atoms with van der Waals surface area (Å²) in [6.07, 6.45) is 0. The second-order valence-electron chi connectivity index (χ2n) is 4.60. The van der Waals surface area contributed by atoms with Crippen molar-refractivity contribution < 1.29 is 23.2 Å². The van der Waals surface area contributed by atoms with Crippen molar-refractivity contribution in [2.45, 2.75) is 0 Å². The number of ether oxygens (including phenoxy) is 2. The Labute approximate surface area is 125 Å². The van der Waals surface area contributed by atoms with Gasteiger partial charge < -0.3 is 14.0 Å². The molecule has 3 aromatic rings. The summed E-state index contributed by atoms with van der Waals surface area (Å²) in [5.41, 5.74) is 1.82. The standard InChI is InChI=1S/C16H12FNO4/c1-20-9-15(19)21-12-6-7-13-14(8-12)22-18-16(13)10-2-4-11(17)5-3-10/h2-8H,9H2,1H3. The molecule has 1 heterocycles. The minimum absolute atomic E-state index is 0.130. The van der Waals surface area contributed by atoms with E-state index >= 15 is 0 Å². The van der Waals surface area contributed by atoms with Crippen LogP contribution in [0.5, 0.6) is 5.75 Å². The first-order chi connectivity index (χ1) is 10.7. The van der Waals surface area contributed by atoms with Crippen LogP contribution in [0, 0.1) is 5.82 Å². The van der Waals surface area contributed by atoms with E-state index in [0.717, 1.165) is 10.9 Å². The minimum Gasteiger partial charge on any atom is -0.425 e. The van der Waals surface area contributed by atoms with Crippen molar-refractivity contribution in [2.24, 2.45) is 0 Å². The van der Waals surface area contributed by atoms with Crippen molar-refractivity contribution in [3.8, 4) is 17.0 Å². The van der Waals surface area contributed by atoms with Crippen molar-refractivity contribution in [2.75, 3.05) is 13.7 Å². The van der Waals surface area contributed by atoms with Crippen molar-refractivity contribution in [3.63, 3.8) is 0 Å². The molecule has 0 aliphatic rings. The van der Waals surface area contributed by atoms with Crippen LogP contribution in [0.4, 0.5) is 4.39 Å². The lowest BCUT2D eigenvalue weighted by Crippen LogP contribution is -2.13. The molecule has 0 fully saturated rings. The summed E-state index contributed by atoms with van der Waals surface area (Å²) in [6, 6.07) is 10.9. The fraction of sp³-hybridized carbons (Fsp3) is 0.125. The van der Waals surface area contributed by atoms with Crippen LogP contribution >= 0.6 is 0 Å². The molecule has 5 nitrogen and oxygen atoms in total. The first-order valence-electron chi connectivity index (χ1n) is 6.52. The van der Waals surface area contributed by atoms with E-state index in [-0.39, 0.29) is 12.4 Å². The molecule has 3 rings (SSSR count). The average molecular weight is 301 g/mol. The zero-order valence-electron chi connectivity index (χ0n) is 11.7. The van der Waals surface area contributed by atoms with Gasteiger partial charge in [0.2, 0.25) is 0 Å². The summed E-state index contributed by atoms with van der Waals surface area (Å²) in [5.74, 6) is -0.472. The molecule has 0 N–H and O–H groups in total. The van der Waals surface area contributed by atoms with Gasteiger partial charge in [-0.15, -0.1) is 0 Å². The van der Waals surface area contributed by atoms with Gasteiger partial charge in [-0.05, 0) is 36.4 Å². The molecule has 6 heteroatoms. The molecule has 0 bridgehead atoms. The van der Waals surface area contributed by atoms with Crippen LogP contribution in [0.3, 0.4) is 0 Å². The SMILES string of the molecule is COCC(=O)Oc1ccc2c(-c3ccc(F)cc3)noc2c1. The van der Waals surface area contributed by atoms with E-state index in [1.165, 1.54) is 19.2 Å². The maximum absolute atomic E-state index is 13.0. The van der Waals surface area contributed by atoms with Gasteiger partial charge in [-0.3, -0.25) is 0 Å². The fourth-order valence-electron chi connectivity index (χ4n) is 2.08. The van der Waals surface area contributed by atoms with E-state index in [0.29, 0.717) is 17.0 Å². The van der Waals surface area contributed by atoms with Gasteiger partial charge in [-0.2, -0.15) is 0 Å². The number of benzene rings is 2. The van der Waals surface area contributed by atoms with E-state index in [9.17, 15) is 9.18 Å². The second kappa shape index (κ2) is 5.95. The Hall–Kier alpha value is -2.73. The number of nitrogens with zero attached hydrogens (tertiary/aromatic N) is 1. The summed E-state index contributed by atoms with van der Waals surface area (Å²) in [4.78, 5) is 11.4. The summed E-state index contributed by atoms with van der Waals surface area (Å²) >= 11 is 0.